The molecule has 0 saturated carbocycles. The van der Waals surface area contributed by atoms with E-state index in [0.717, 1.165) is 12.8 Å². The number of thiophene rings is 1. The fraction of sp³-hybridized carbons (Fsp3) is 0.286. The van der Waals surface area contributed by atoms with E-state index in [4.69, 9.17) is 0 Å². The van der Waals surface area contributed by atoms with Crippen molar-refractivity contribution in [2.75, 3.05) is 13.1 Å². The molecule has 0 radical (unpaired) electrons. The van der Waals surface area contributed by atoms with Crippen LogP contribution >= 0.6 is 11.3 Å². The lowest BCUT2D eigenvalue weighted by molar-refractivity contribution is -0.763. The van der Waals surface area contributed by atoms with Gasteiger partial charge in [0.15, 0.2) is 0 Å². The van der Waals surface area contributed by atoms with Crippen molar-refractivity contribution >= 4 is 27.3 Å². The number of nitrogens with zero attached hydrogens (tertiary/aromatic N) is 2. The number of rotatable bonds is 5. The van der Waals surface area contributed by atoms with Gasteiger partial charge in [-0.3, -0.25) is 4.79 Å². The van der Waals surface area contributed by atoms with Gasteiger partial charge in [0.1, 0.15) is 6.61 Å². The lowest BCUT2D eigenvalue weighted by Crippen LogP contribution is -2.38. The van der Waals surface area contributed by atoms with Gasteiger partial charge >= 0.3 is 0 Å². The lowest BCUT2D eigenvalue weighted by Gasteiger charge is -2.32. The first-order valence-electron chi connectivity index (χ1n) is 9.25. The van der Waals surface area contributed by atoms with Gasteiger partial charge in [0, 0.05) is 28.2 Å². The topological polar surface area (TPSA) is 72.7 Å². The summed E-state index contributed by atoms with van der Waals surface area (Å²) in [7, 11) is 0. The Hall–Kier alpha value is -2.93. The summed E-state index contributed by atoms with van der Waals surface area (Å²) in [5.41, 5.74) is 1.01. The van der Waals surface area contributed by atoms with E-state index in [1.807, 2.05) is 16.2 Å². The largest absolute Gasteiger partial charge is 0.339 e. The Morgan fingerprint density at radius 3 is 2.61 bits per heavy atom. The molecule has 0 spiro atoms. The van der Waals surface area contributed by atoms with E-state index in [2.05, 4.69) is 35.2 Å². The zero-order valence-corrected chi connectivity index (χ0v) is 16.1. The van der Waals surface area contributed by atoms with Crippen LogP contribution in [-0.2, 0) is 11.4 Å². The van der Waals surface area contributed by atoms with Gasteiger partial charge in [-0.1, -0.05) is 36.4 Å². The highest BCUT2D eigenvalue weighted by atomic mass is 32.1. The second-order valence-corrected chi connectivity index (χ2v) is 8.02. The molecular formula is C21H20N2O4S. The Labute approximate surface area is 166 Å². The molecule has 0 N–H and O–H groups in total. The van der Waals surface area contributed by atoms with Crippen molar-refractivity contribution in [2.45, 2.75) is 25.4 Å². The van der Waals surface area contributed by atoms with Crippen molar-refractivity contribution in [3.8, 4) is 0 Å². The Morgan fingerprint density at radius 2 is 1.86 bits per heavy atom. The molecule has 1 aliphatic heterocycles. The van der Waals surface area contributed by atoms with E-state index >= 15 is 0 Å². The van der Waals surface area contributed by atoms with Gasteiger partial charge in [-0.25, -0.2) is 0 Å². The molecule has 0 bridgehead atoms. The number of hydrogen-bond acceptors (Lipinski definition) is 5. The number of benzene rings is 2. The van der Waals surface area contributed by atoms with Crippen LogP contribution in [0, 0.1) is 10.1 Å². The van der Waals surface area contributed by atoms with Crippen LogP contribution in [0.1, 0.15) is 39.6 Å². The summed E-state index contributed by atoms with van der Waals surface area (Å²) in [6.07, 6.45) is 1.85. The molecule has 28 heavy (non-hydrogen) atoms. The fourth-order valence-electron chi connectivity index (χ4n) is 3.72. The number of likely N-dealkylation sites (tertiary alicyclic amines) is 1. The number of carbonyl (C=O) groups is 1. The van der Waals surface area contributed by atoms with Gasteiger partial charge in [0.05, 0.1) is 0 Å². The molecule has 2 heterocycles. The molecule has 7 heteroatoms. The maximum atomic E-state index is 13.0. The van der Waals surface area contributed by atoms with Crippen molar-refractivity contribution in [1.82, 2.24) is 4.90 Å². The molecule has 0 unspecified atom stereocenters. The maximum absolute atomic E-state index is 13.0. The van der Waals surface area contributed by atoms with Gasteiger partial charge in [-0.15, -0.1) is 21.5 Å². The lowest BCUT2D eigenvalue weighted by atomic mass is 9.94. The summed E-state index contributed by atoms with van der Waals surface area (Å²) in [5.74, 6) is 0.381. The summed E-state index contributed by atoms with van der Waals surface area (Å²) < 4.78 is 1.30. The molecule has 6 nitrogen and oxygen atoms in total. The van der Waals surface area contributed by atoms with E-state index in [-0.39, 0.29) is 12.5 Å². The molecule has 0 atom stereocenters. The van der Waals surface area contributed by atoms with Gasteiger partial charge < -0.3 is 9.74 Å². The molecule has 1 saturated heterocycles. The Kier molecular flexibility index (Phi) is 5.25. The minimum absolute atomic E-state index is 0.0858. The number of amides is 1. The Morgan fingerprint density at radius 1 is 1.14 bits per heavy atom. The number of fused-ring (bicyclic) bond motifs is 1. The standard InChI is InChI=1S/C21H20N2O4S/c24-21(18-7-3-1-6-17(18)14-27-23(25)26)22-11-9-15(10-12-22)20-13-16-5-2-4-8-19(16)28-20/h1-8,13,15H,9-12,14H2. The first-order chi connectivity index (χ1) is 13.6. The Balaban J connectivity index is 1.43. The summed E-state index contributed by atoms with van der Waals surface area (Å²) in [4.78, 5) is 31.1. The monoisotopic (exact) mass is 396 g/mol. The summed E-state index contributed by atoms with van der Waals surface area (Å²) in [5, 5.41) is 10.9. The van der Waals surface area contributed by atoms with Crippen molar-refractivity contribution < 1.29 is 14.7 Å². The fourth-order valence-corrected chi connectivity index (χ4v) is 4.95. The average Bonchev–Trinajstić information content (AvgIpc) is 3.16. The van der Waals surface area contributed by atoms with E-state index in [1.54, 1.807) is 24.3 Å². The summed E-state index contributed by atoms with van der Waals surface area (Å²) >= 11 is 1.84. The molecule has 1 fully saturated rings. The third kappa shape index (κ3) is 3.84. The van der Waals surface area contributed by atoms with Crippen molar-refractivity contribution in [1.29, 1.82) is 0 Å². The molecule has 2 aromatic carbocycles. The molecule has 0 aliphatic carbocycles. The average molecular weight is 396 g/mol. The molecular weight excluding hydrogens is 376 g/mol. The smallest absolute Gasteiger partial charge is 0.294 e. The number of hydrogen-bond donors (Lipinski definition) is 0. The highest BCUT2D eigenvalue weighted by Crippen LogP contribution is 2.36. The summed E-state index contributed by atoms with van der Waals surface area (Å²) in [6.45, 7) is 1.15. The van der Waals surface area contributed by atoms with Crippen LogP contribution in [0.4, 0.5) is 0 Å². The SMILES string of the molecule is O=C(c1ccccc1CO[N+](=O)[O-])N1CCC(c2cc3ccccc3s2)CC1. The van der Waals surface area contributed by atoms with Crippen LogP contribution in [0.25, 0.3) is 10.1 Å². The van der Waals surface area contributed by atoms with Gasteiger partial charge in [-0.2, -0.15) is 0 Å². The van der Waals surface area contributed by atoms with Gasteiger partial charge in [-0.05, 0) is 47.9 Å². The number of carbonyl (C=O) groups excluding carboxylic acids is 1. The minimum Gasteiger partial charge on any atom is -0.339 e. The van der Waals surface area contributed by atoms with Gasteiger partial charge in [0.2, 0.25) is 0 Å². The Bertz CT molecular complexity index is 975. The molecule has 1 amide bonds. The predicted molar refractivity (Wildman–Crippen MR) is 108 cm³/mol. The zero-order chi connectivity index (χ0) is 19.5. The molecule has 3 aromatic rings. The van der Waals surface area contributed by atoms with Crippen LogP contribution < -0.4 is 0 Å². The van der Waals surface area contributed by atoms with Crippen molar-refractivity contribution in [2.24, 2.45) is 0 Å². The zero-order valence-electron chi connectivity index (χ0n) is 15.2. The van der Waals surface area contributed by atoms with E-state index in [1.165, 1.54) is 15.0 Å². The van der Waals surface area contributed by atoms with Crippen LogP contribution in [-0.4, -0.2) is 29.0 Å². The normalized spacial score (nSPS) is 14.9. The van der Waals surface area contributed by atoms with Crippen LogP contribution in [0.2, 0.25) is 0 Å². The van der Waals surface area contributed by atoms with Gasteiger partial charge in [0.25, 0.3) is 11.0 Å². The molecule has 1 aliphatic rings. The highest BCUT2D eigenvalue weighted by molar-refractivity contribution is 7.19. The van der Waals surface area contributed by atoms with E-state index in [0.29, 0.717) is 30.1 Å². The van der Waals surface area contributed by atoms with Crippen LogP contribution in [0.3, 0.4) is 0 Å². The third-order valence-corrected chi connectivity index (χ3v) is 6.48. The van der Waals surface area contributed by atoms with Crippen LogP contribution in [0.15, 0.2) is 54.6 Å². The number of piperidine rings is 1. The minimum atomic E-state index is -0.836. The molecule has 144 valence electrons. The maximum Gasteiger partial charge on any atom is 0.294 e. The van der Waals surface area contributed by atoms with E-state index in [9.17, 15) is 14.9 Å². The highest BCUT2D eigenvalue weighted by Gasteiger charge is 2.26. The van der Waals surface area contributed by atoms with Crippen molar-refractivity contribution in [3.63, 3.8) is 0 Å². The second kappa shape index (κ2) is 7.98. The predicted octanol–water partition coefficient (Wildman–Crippen LogP) is 4.63. The third-order valence-electron chi connectivity index (χ3n) is 5.20. The first-order valence-corrected chi connectivity index (χ1v) is 10.1. The van der Waals surface area contributed by atoms with E-state index < -0.39 is 5.09 Å². The second-order valence-electron chi connectivity index (χ2n) is 6.91. The quantitative estimate of drug-likeness (QED) is 0.466. The van der Waals surface area contributed by atoms with Crippen LogP contribution in [0.5, 0.6) is 0 Å². The molecule has 1 aromatic heterocycles. The van der Waals surface area contributed by atoms with Crippen molar-refractivity contribution in [3.05, 3.63) is 80.7 Å². The first kappa shape index (κ1) is 18.4. The molecule has 4 rings (SSSR count). The summed E-state index contributed by atoms with van der Waals surface area (Å²) in [6, 6.07) is 17.6.